The number of hydrogen-bond donors (Lipinski definition) is 4. The molecule has 0 saturated heterocycles. The first kappa shape index (κ1) is 26.9. The van der Waals surface area contributed by atoms with Crippen molar-refractivity contribution in [3.8, 4) is 0 Å². The summed E-state index contributed by atoms with van der Waals surface area (Å²) >= 11 is 0. The summed E-state index contributed by atoms with van der Waals surface area (Å²) in [5.74, 6) is -2.47. The van der Waals surface area contributed by atoms with E-state index >= 15 is 0 Å². The molecule has 11 nitrogen and oxygen atoms in total. The molecule has 0 unspecified atom stereocenters. The van der Waals surface area contributed by atoms with Gasteiger partial charge in [0.1, 0.15) is 17.6 Å². The second-order valence-corrected chi connectivity index (χ2v) is 10.1. The van der Waals surface area contributed by atoms with Crippen LogP contribution in [0.25, 0.3) is 0 Å². The number of aromatic nitrogens is 1. The molecule has 0 bridgehead atoms. The van der Waals surface area contributed by atoms with Crippen LogP contribution in [-0.2, 0) is 19.6 Å². The molecule has 0 spiro atoms. The monoisotopic (exact) mass is 497 g/mol. The first-order chi connectivity index (χ1) is 15.8. The van der Waals surface area contributed by atoms with Gasteiger partial charge in [-0.2, -0.15) is 4.72 Å². The van der Waals surface area contributed by atoms with Gasteiger partial charge in [-0.15, -0.1) is 0 Å². The molecular formula is C21H28FN5O6S. The average molecular weight is 498 g/mol. The summed E-state index contributed by atoms with van der Waals surface area (Å²) in [6.45, 7) is 6.56. The molecule has 1 aromatic heterocycles. The fourth-order valence-electron chi connectivity index (χ4n) is 2.79. The molecule has 0 radical (unpaired) electrons. The number of carbonyl (C=O) groups excluding carboxylic acids is 3. The summed E-state index contributed by atoms with van der Waals surface area (Å²) in [5.41, 5.74) is -0.752. The SMILES string of the molecule is Cc1cc(S(=O)(=O)N[C@@H](CC(=O)NC(C)(C)C)C(=O)NCCNC(=O)c2ccccc2F)no1. The van der Waals surface area contributed by atoms with Crippen LogP contribution in [0.3, 0.4) is 0 Å². The van der Waals surface area contributed by atoms with E-state index in [9.17, 15) is 27.2 Å². The molecular weight excluding hydrogens is 469 g/mol. The number of benzene rings is 1. The van der Waals surface area contributed by atoms with Gasteiger partial charge in [-0.3, -0.25) is 14.4 Å². The number of nitrogens with zero attached hydrogens (tertiary/aromatic N) is 1. The van der Waals surface area contributed by atoms with Crippen LogP contribution in [0, 0.1) is 12.7 Å². The summed E-state index contributed by atoms with van der Waals surface area (Å²) in [7, 11) is -4.26. The maximum absolute atomic E-state index is 13.7. The van der Waals surface area contributed by atoms with Gasteiger partial charge in [0.15, 0.2) is 0 Å². The van der Waals surface area contributed by atoms with E-state index in [4.69, 9.17) is 4.52 Å². The molecule has 186 valence electrons. The molecule has 0 aliphatic rings. The molecule has 4 N–H and O–H groups in total. The van der Waals surface area contributed by atoms with Crippen molar-refractivity contribution in [3.05, 3.63) is 47.5 Å². The van der Waals surface area contributed by atoms with E-state index in [1.165, 1.54) is 31.2 Å². The Balaban J connectivity index is 2.02. The van der Waals surface area contributed by atoms with Crippen LogP contribution < -0.4 is 20.7 Å². The molecule has 0 saturated carbocycles. The second kappa shape index (κ2) is 11.2. The van der Waals surface area contributed by atoms with Crippen LogP contribution >= 0.6 is 0 Å². The number of amides is 3. The fourth-order valence-corrected chi connectivity index (χ4v) is 3.93. The Morgan fingerprint density at radius 1 is 1.12 bits per heavy atom. The number of aryl methyl sites for hydroxylation is 1. The predicted molar refractivity (Wildman–Crippen MR) is 120 cm³/mol. The lowest BCUT2D eigenvalue weighted by Gasteiger charge is -2.23. The van der Waals surface area contributed by atoms with Gasteiger partial charge in [0.2, 0.25) is 16.8 Å². The van der Waals surface area contributed by atoms with Crippen LogP contribution in [0.2, 0.25) is 0 Å². The highest BCUT2D eigenvalue weighted by atomic mass is 32.2. The molecule has 2 aromatic rings. The number of halogens is 1. The lowest BCUT2D eigenvalue weighted by atomic mass is 10.1. The Bertz CT molecular complexity index is 1140. The van der Waals surface area contributed by atoms with Gasteiger partial charge in [-0.1, -0.05) is 17.3 Å². The first-order valence-corrected chi connectivity index (χ1v) is 11.8. The van der Waals surface area contributed by atoms with E-state index < -0.39 is 56.6 Å². The zero-order chi connectivity index (χ0) is 25.5. The van der Waals surface area contributed by atoms with E-state index in [-0.39, 0.29) is 24.4 Å². The number of carbonyl (C=O) groups is 3. The van der Waals surface area contributed by atoms with E-state index in [1.807, 2.05) is 0 Å². The van der Waals surface area contributed by atoms with E-state index in [0.29, 0.717) is 0 Å². The highest BCUT2D eigenvalue weighted by Crippen LogP contribution is 2.11. The first-order valence-electron chi connectivity index (χ1n) is 10.4. The van der Waals surface area contributed by atoms with Crippen LogP contribution in [0.4, 0.5) is 4.39 Å². The van der Waals surface area contributed by atoms with Crippen molar-refractivity contribution in [2.45, 2.75) is 50.7 Å². The molecule has 0 aliphatic carbocycles. The molecule has 2 rings (SSSR count). The third-order valence-corrected chi connectivity index (χ3v) is 5.57. The standard InChI is InChI=1S/C21H28FN5O6S/c1-13-11-18(26-33-13)34(31,32)27-16(12-17(28)25-21(2,3)4)20(30)24-10-9-23-19(29)14-7-5-6-8-15(14)22/h5-8,11,16,27H,9-10,12H2,1-4H3,(H,23,29)(H,24,30)(H,25,28)/t16-/m0/s1. The second-order valence-electron chi connectivity index (χ2n) is 8.48. The molecule has 13 heteroatoms. The van der Waals surface area contributed by atoms with Gasteiger partial charge in [0.05, 0.1) is 12.0 Å². The Morgan fingerprint density at radius 2 is 1.76 bits per heavy atom. The topological polar surface area (TPSA) is 160 Å². The van der Waals surface area contributed by atoms with Crippen LogP contribution in [0.15, 0.2) is 39.9 Å². The number of nitrogens with one attached hydrogen (secondary N) is 4. The van der Waals surface area contributed by atoms with Crippen molar-refractivity contribution in [1.29, 1.82) is 0 Å². The lowest BCUT2D eigenvalue weighted by molar-refractivity contribution is -0.128. The molecule has 34 heavy (non-hydrogen) atoms. The lowest BCUT2D eigenvalue weighted by Crippen LogP contribution is -2.51. The molecule has 1 atom stereocenters. The number of hydrogen-bond acceptors (Lipinski definition) is 7. The van der Waals surface area contributed by atoms with E-state index in [0.717, 1.165) is 6.07 Å². The summed E-state index contributed by atoms with van der Waals surface area (Å²) in [5, 5.41) is 10.6. The third-order valence-electron chi connectivity index (χ3n) is 4.23. The summed E-state index contributed by atoms with van der Waals surface area (Å²) in [4.78, 5) is 37.1. The largest absolute Gasteiger partial charge is 0.360 e. The smallest absolute Gasteiger partial charge is 0.262 e. The van der Waals surface area contributed by atoms with Gasteiger partial charge < -0.3 is 20.5 Å². The quantitative estimate of drug-likeness (QED) is 0.350. The van der Waals surface area contributed by atoms with Gasteiger partial charge in [0, 0.05) is 24.7 Å². The highest BCUT2D eigenvalue weighted by molar-refractivity contribution is 7.89. The zero-order valence-corrected chi connectivity index (χ0v) is 20.1. The van der Waals surface area contributed by atoms with E-state index in [1.54, 1.807) is 20.8 Å². The molecule has 1 aromatic carbocycles. The van der Waals surface area contributed by atoms with Crippen LogP contribution in [0.5, 0.6) is 0 Å². The molecule has 0 fully saturated rings. The zero-order valence-electron chi connectivity index (χ0n) is 19.3. The maximum atomic E-state index is 13.7. The molecule has 3 amide bonds. The van der Waals surface area contributed by atoms with Gasteiger partial charge in [-0.05, 0) is 39.8 Å². The van der Waals surface area contributed by atoms with Crippen molar-refractivity contribution in [2.75, 3.05) is 13.1 Å². The van der Waals surface area contributed by atoms with Crippen molar-refractivity contribution >= 4 is 27.7 Å². The summed E-state index contributed by atoms with van der Waals surface area (Å²) in [6, 6.07) is 5.12. The molecule has 1 heterocycles. The normalized spacial score (nSPS) is 12.6. The van der Waals surface area contributed by atoms with Crippen molar-refractivity contribution in [2.24, 2.45) is 0 Å². The van der Waals surface area contributed by atoms with Crippen molar-refractivity contribution < 1.29 is 31.7 Å². The van der Waals surface area contributed by atoms with Gasteiger partial charge >= 0.3 is 0 Å². The van der Waals surface area contributed by atoms with Crippen molar-refractivity contribution in [1.82, 2.24) is 25.8 Å². The summed E-state index contributed by atoms with van der Waals surface area (Å²) < 4.78 is 45.8. The van der Waals surface area contributed by atoms with E-state index in [2.05, 4.69) is 25.8 Å². The minimum atomic E-state index is -4.26. The Kier molecular flexibility index (Phi) is 8.87. The van der Waals surface area contributed by atoms with Gasteiger partial charge in [0.25, 0.3) is 15.9 Å². The minimum Gasteiger partial charge on any atom is -0.360 e. The Labute approximate surface area is 196 Å². The fraction of sp³-hybridized carbons (Fsp3) is 0.429. The predicted octanol–water partition coefficient (Wildman–Crippen LogP) is 0.620. The van der Waals surface area contributed by atoms with Crippen molar-refractivity contribution in [3.63, 3.8) is 0 Å². The number of rotatable bonds is 10. The number of sulfonamides is 1. The molecule has 0 aliphatic heterocycles. The Morgan fingerprint density at radius 3 is 2.35 bits per heavy atom. The summed E-state index contributed by atoms with van der Waals surface area (Å²) in [6.07, 6.45) is -0.485. The highest BCUT2D eigenvalue weighted by Gasteiger charge is 2.30. The van der Waals surface area contributed by atoms with Crippen LogP contribution in [0.1, 0.15) is 43.3 Å². The third kappa shape index (κ3) is 8.23. The average Bonchev–Trinajstić information content (AvgIpc) is 3.16. The van der Waals surface area contributed by atoms with Gasteiger partial charge in [-0.25, -0.2) is 12.8 Å². The maximum Gasteiger partial charge on any atom is 0.262 e. The minimum absolute atomic E-state index is 0.0605. The Hall–Kier alpha value is -3.32. The van der Waals surface area contributed by atoms with Crippen LogP contribution in [-0.4, -0.2) is 56.0 Å².